The molecule has 1 heterocycles. The zero-order chi connectivity index (χ0) is 13.8. The van der Waals surface area contributed by atoms with E-state index in [2.05, 4.69) is 0 Å². The first kappa shape index (κ1) is 13.3. The maximum absolute atomic E-state index is 12.1. The van der Waals surface area contributed by atoms with Crippen LogP contribution >= 0.6 is 0 Å². The molecule has 100 valence electrons. The first-order valence-electron chi connectivity index (χ1n) is 6.32. The van der Waals surface area contributed by atoms with Crippen LogP contribution in [0.4, 0.5) is 4.79 Å². The molecule has 0 spiro atoms. The summed E-state index contributed by atoms with van der Waals surface area (Å²) in [5.41, 5.74) is 0.902. The van der Waals surface area contributed by atoms with E-state index in [1.54, 1.807) is 6.08 Å². The normalized spacial score (nSPS) is 19.2. The first-order chi connectivity index (χ1) is 9.09. The Hall–Kier alpha value is -2.10. The maximum Gasteiger partial charge on any atom is 0.417 e. The van der Waals surface area contributed by atoms with E-state index in [1.165, 1.54) is 11.0 Å². The summed E-state index contributed by atoms with van der Waals surface area (Å²) in [5, 5.41) is 0. The molecule has 2 rings (SSSR count). The van der Waals surface area contributed by atoms with Crippen LogP contribution in [0.25, 0.3) is 0 Å². The van der Waals surface area contributed by atoms with Crippen molar-refractivity contribution in [1.82, 2.24) is 4.90 Å². The van der Waals surface area contributed by atoms with E-state index >= 15 is 0 Å². The fraction of sp³-hybridized carbons (Fsp3) is 0.333. The topological polar surface area (TPSA) is 46.6 Å². The van der Waals surface area contributed by atoms with E-state index < -0.39 is 6.09 Å². The lowest BCUT2D eigenvalue weighted by atomic mass is 10.1. The van der Waals surface area contributed by atoms with Crippen molar-refractivity contribution in [2.24, 2.45) is 5.92 Å². The number of hydrogen-bond acceptors (Lipinski definition) is 3. The molecule has 0 bridgehead atoms. The third-order valence-corrected chi connectivity index (χ3v) is 2.92. The SMILES string of the molecule is CC(C)C=CC(=O)N1C(=O)OC[C@@H]1c1ccccc1. The van der Waals surface area contributed by atoms with Crippen molar-refractivity contribution in [3.8, 4) is 0 Å². The fourth-order valence-corrected chi connectivity index (χ4v) is 1.94. The van der Waals surface area contributed by atoms with E-state index in [1.807, 2.05) is 44.2 Å². The van der Waals surface area contributed by atoms with Gasteiger partial charge in [-0.25, -0.2) is 9.69 Å². The Kier molecular flexibility index (Phi) is 4.00. The van der Waals surface area contributed by atoms with Gasteiger partial charge in [-0.2, -0.15) is 0 Å². The lowest BCUT2D eigenvalue weighted by molar-refractivity contribution is -0.124. The van der Waals surface area contributed by atoms with Gasteiger partial charge in [-0.1, -0.05) is 50.3 Å². The minimum atomic E-state index is -0.577. The number of amides is 2. The molecule has 1 aromatic rings. The van der Waals surface area contributed by atoms with Crippen LogP contribution in [0.2, 0.25) is 0 Å². The second kappa shape index (κ2) is 5.69. The third-order valence-electron chi connectivity index (χ3n) is 2.92. The van der Waals surface area contributed by atoms with Gasteiger partial charge in [-0.3, -0.25) is 4.79 Å². The highest BCUT2D eigenvalue weighted by molar-refractivity contribution is 5.99. The van der Waals surface area contributed by atoms with E-state index in [0.29, 0.717) is 0 Å². The zero-order valence-corrected chi connectivity index (χ0v) is 11.1. The van der Waals surface area contributed by atoms with Crippen LogP contribution in [0.3, 0.4) is 0 Å². The molecule has 0 N–H and O–H groups in total. The van der Waals surface area contributed by atoms with Gasteiger partial charge in [-0.05, 0) is 17.6 Å². The number of rotatable bonds is 3. The summed E-state index contributed by atoms with van der Waals surface area (Å²) in [6, 6.07) is 9.09. The molecule has 0 aromatic heterocycles. The second-order valence-corrected chi connectivity index (χ2v) is 4.81. The molecule has 4 nitrogen and oxygen atoms in total. The molecule has 2 amide bonds. The Balaban J connectivity index is 2.21. The minimum Gasteiger partial charge on any atom is -0.446 e. The first-order valence-corrected chi connectivity index (χ1v) is 6.32. The molecule has 1 aliphatic rings. The summed E-state index contributed by atoms with van der Waals surface area (Å²) in [6.45, 7) is 4.16. The van der Waals surface area contributed by atoms with Crippen molar-refractivity contribution in [3.63, 3.8) is 0 Å². The Morgan fingerprint density at radius 1 is 1.37 bits per heavy atom. The van der Waals surface area contributed by atoms with E-state index in [4.69, 9.17) is 4.74 Å². The number of cyclic esters (lactones) is 1. The van der Waals surface area contributed by atoms with E-state index in [9.17, 15) is 9.59 Å². The summed E-state index contributed by atoms with van der Waals surface area (Å²) in [7, 11) is 0. The molecule has 4 heteroatoms. The van der Waals surface area contributed by atoms with Gasteiger partial charge in [0.2, 0.25) is 0 Å². The number of imide groups is 1. The van der Waals surface area contributed by atoms with Crippen LogP contribution < -0.4 is 0 Å². The maximum atomic E-state index is 12.1. The van der Waals surface area contributed by atoms with E-state index in [-0.39, 0.29) is 24.5 Å². The van der Waals surface area contributed by atoms with Gasteiger partial charge < -0.3 is 4.74 Å². The quantitative estimate of drug-likeness (QED) is 0.784. The predicted molar refractivity (Wildman–Crippen MR) is 71.4 cm³/mol. The van der Waals surface area contributed by atoms with Gasteiger partial charge in [0, 0.05) is 0 Å². The summed E-state index contributed by atoms with van der Waals surface area (Å²) < 4.78 is 4.99. The van der Waals surface area contributed by atoms with Gasteiger partial charge in [0.1, 0.15) is 12.6 Å². The molecule has 0 aliphatic carbocycles. The molecule has 0 unspecified atom stereocenters. The molecule has 1 aromatic carbocycles. The van der Waals surface area contributed by atoms with Crippen molar-refractivity contribution in [2.75, 3.05) is 6.61 Å². The van der Waals surface area contributed by atoms with Gasteiger partial charge in [-0.15, -0.1) is 0 Å². The lowest BCUT2D eigenvalue weighted by Crippen LogP contribution is -2.32. The number of allylic oxidation sites excluding steroid dienone is 1. The predicted octanol–water partition coefficient (Wildman–Crippen LogP) is 2.92. The molecular weight excluding hydrogens is 242 g/mol. The van der Waals surface area contributed by atoms with Crippen LogP contribution in [-0.2, 0) is 9.53 Å². The average Bonchev–Trinajstić information content (AvgIpc) is 2.79. The molecule has 1 atom stereocenters. The zero-order valence-electron chi connectivity index (χ0n) is 11.1. The standard InChI is InChI=1S/C15H17NO3/c1-11(2)8-9-14(17)16-13(10-19-15(16)18)12-6-4-3-5-7-12/h3-9,11,13H,10H2,1-2H3/t13-/m1/s1. The van der Waals surface area contributed by atoms with Crippen LogP contribution in [0, 0.1) is 5.92 Å². The molecule has 1 aliphatic heterocycles. The molecule has 0 radical (unpaired) electrons. The Morgan fingerprint density at radius 3 is 2.68 bits per heavy atom. The average molecular weight is 259 g/mol. The molecule has 1 fully saturated rings. The number of benzene rings is 1. The van der Waals surface area contributed by atoms with Crippen molar-refractivity contribution < 1.29 is 14.3 Å². The number of carbonyl (C=O) groups excluding carboxylic acids is 2. The van der Waals surface area contributed by atoms with Crippen LogP contribution in [0.1, 0.15) is 25.5 Å². The van der Waals surface area contributed by atoms with Crippen molar-refractivity contribution in [3.05, 3.63) is 48.0 Å². The third kappa shape index (κ3) is 3.02. The lowest BCUT2D eigenvalue weighted by Gasteiger charge is -2.18. The van der Waals surface area contributed by atoms with Crippen LogP contribution in [0.5, 0.6) is 0 Å². The largest absolute Gasteiger partial charge is 0.446 e. The minimum absolute atomic E-state index is 0.212. The Labute approximate surface area is 112 Å². The Bertz CT molecular complexity index is 493. The monoisotopic (exact) mass is 259 g/mol. The molecule has 19 heavy (non-hydrogen) atoms. The van der Waals surface area contributed by atoms with Gasteiger partial charge in [0.15, 0.2) is 0 Å². The van der Waals surface area contributed by atoms with Gasteiger partial charge in [0.25, 0.3) is 5.91 Å². The Morgan fingerprint density at radius 2 is 2.05 bits per heavy atom. The van der Waals surface area contributed by atoms with Crippen molar-refractivity contribution in [2.45, 2.75) is 19.9 Å². The summed E-state index contributed by atoms with van der Waals surface area (Å²) in [4.78, 5) is 25.0. The summed E-state index contributed by atoms with van der Waals surface area (Å²) in [6.07, 6.45) is 2.63. The number of nitrogens with zero attached hydrogens (tertiary/aromatic N) is 1. The second-order valence-electron chi connectivity index (χ2n) is 4.81. The van der Waals surface area contributed by atoms with Gasteiger partial charge in [0.05, 0.1) is 0 Å². The fourth-order valence-electron chi connectivity index (χ4n) is 1.94. The number of carbonyl (C=O) groups is 2. The molecule has 1 saturated heterocycles. The highest BCUT2D eigenvalue weighted by Crippen LogP contribution is 2.27. The highest BCUT2D eigenvalue weighted by Gasteiger charge is 2.37. The van der Waals surface area contributed by atoms with Crippen molar-refractivity contribution in [1.29, 1.82) is 0 Å². The van der Waals surface area contributed by atoms with Gasteiger partial charge >= 0.3 is 6.09 Å². The molecular formula is C15H17NO3. The van der Waals surface area contributed by atoms with Crippen LogP contribution in [-0.4, -0.2) is 23.5 Å². The summed E-state index contributed by atoms with van der Waals surface area (Å²) in [5.74, 6) is -0.0669. The van der Waals surface area contributed by atoms with Crippen molar-refractivity contribution >= 4 is 12.0 Å². The molecule has 0 saturated carbocycles. The number of ether oxygens (including phenoxy) is 1. The highest BCUT2D eigenvalue weighted by atomic mass is 16.6. The van der Waals surface area contributed by atoms with E-state index in [0.717, 1.165) is 5.56 Å². The summed E-state index contributed by atoms with van der Waals surface area (Å²) >= 11 is 0. The smallest absolute Gasteiger partial charge is 0.417 e. The van der Waals surface area contributed by atoms with Crippen LogP contribution in [0.15, 0.2) is 42.5 Å². The number of hydrogen-bond donors (Lipinski definition) is 0.